The van der Waals surface area contributed by atoms with Crippen molar-refractivity contribution in [1.29, 1.82) is 0 Å². The summed E-state index contributed by atoms with van der Waals surface area (Å²) in [4.78, 5) is 30.4. The van der Waals surface area contributed by atoms with Crippen LogP contribution in [-0.4, -0.2) is 74.8 Å². The molecule has 0 bridgehead atoms. The van der Waals surface area contributed by atoms with Crippen LogP contribution in [0.3, 0.4) is 0 Å². The van der Waals surface area contributed by atoms with Crippen LogP contribution in [0.1, 0.15) is 83.5 Å². The zero-order valence-electron chi connectivity index (χ0n) is 28.9. The van der Waals surface area contributed by atoms with Crippen LogP contribution in [0.15, 0.2) is 66.7 Å². The topological polar surface area (TPSA) is 113 Å². The molecule has 2 aliphatic heterocycles. The van der Waals surface area contributed by atoms with Gasteiger partial charge in [0.05, 0.1) is 18.2 Å². The van der Waals surface area contributed by atoms with Crippen molar-refractivity contribution < 1.29 is 22.7 Å². The molecule has 0 radical (unpaired) electrons. The Kier molecular flexibility index (Phi) is 8.27. The molecule has 4 aromatic rings. The summed E-state index contributed by atoms with van der Waals surface area (Å²) in [5.74, 6) is 0.617. The zero-order chi connectivity index (χ0) is 34.8. The molecule has 0 spiro atoms. The first-order chi connectivity index (χ1) is 24.1. The number of nitrogens with one attached hydrogen (secondary N) is 2. The standard InChI is InChI=1S/C39H45N5O5S/c1-42(2)50(47,48)41-37(45)27-14-16-30-34(20-27)44-24-39(38(46)43-19-18-40-33(23-43)25-10-6-4-7-11-25)22-32(39)31-21-28(49-3)15-17-29(31)36(44)35(30)26-12-8-5-9-13-26/h4,6-7,10-11,14-17,20-21,26,32-33,40H,5,8-9,12-13,18-19,22-24H2,1-3H3,(H,41,45). The van der Waals surface area contributed by atoms with Crippen LogP contribution in [-0.2, 0) is 21.5 Å². The molecule has 3 atom stereocenters. The van der Waals surface area contributed by atoms with Gasteiger partial charge in [0, 0.05) is 74.3 Å². The fourth-order valence-corrected chi connectivity index (χ4v) is 9.38. The molecule has 11 heteroatoms. The number of fused-ring (bicyclic) bond motifs is 7. The lowest BCUT2D eigenvalue weighted by atomic mass is 9.81. The van der Waals surface area contributed by atoms with Crippen molar-refractivity contribution in [2.75, 3.05) is 40.8 Å². The van der Waals surface area contributed by atoms with Crippen molar-refractivity contribution in [3.63, 3.8) is 0 Å². The minimum absolute atomic E-state index is 0.0241. The number of carbonyl (C=O) groups excluding carboxylic acids is 2. The van der Waals surface area contributed by atoms with Crippen molar-refractivity contribution >= 4 is 32.9 Å². The highest BCUT2D eigenvalue weighted by atomic mass is 32.2. The van der Waals surface area contributed by atoms with Gasteiger partial charge in [-0.15, -0.1) is 0 Å². The van der Waals surface area contributed by atoms with Crippen molar-refractivity contribution in [3.05, 3.63) is 89.0 Å². The minimum Gasteiger partial charge on any atom is -0.497 e. The molecular weight excluding hydrogens is 651 g/mol. The Labute approximate surface area is 294 Å². The fraction of sp³-hybridized carbons (Fsp3) is 0.436. The molecular formula is C39H45N5O5S. The summed E-state index contributed by atoms with van der Waals surface area (Å²) >= 11 is 0. The van der Waals surface area contributed by atoms with Gasteiger partial charge in [-0.05, 0) is 72.2 Å². The van der Waals surface area contributed by atoms with E-state index in [0.29, 0.717) is 32.1 Å². The van der Waals surface area contributed by atoms with Crippen molar-refractivity contribution in [1.82, 2.24) is 23.8 Å². The lowest BCUT2D eigenvalue weighted by Gasteiger charge is -2.36. The van der Waals surface area contributed by atoms with Gasteiger partial charge in [-0.2, -0.15) is 12.7 Å². The summed E-state index contributed by atoms with van der Waals surface area (Å²) in [5.41, 5.74) is 6.28. The molecule has 2 amide bonds. The summed E-state index contributed by atoms with van der Waals surface area (Å²) in [7, 11) is 0.474. The van der Waals surface area contributed by atoms with E-state index in [1.54, 1.807) is 13.2 Å². The number of rotatable bonds is 7. The number of nitrogens with zero attached hydrogens (tertiary/aromatic N) is 3. The molecule has 3 heterocycles. The number of ether oxygens (including phenoxy) is 1. The number of benzene rings is 3. The first-order valence-corrected chi connectivity index (χ1v) is 19.2. The molecule has 2 saturated carbocycles. The van der Waals surface area contributed by atoms with Gasteiger partial charge in [0.25, 0.3) is 5.91 Å². The average Bonchev–Trinajstić information content (AvgIpc) is 3.81. The monoisotopic (exact) mass is 695 g/mol. The Morgan fingerprint density at radius 2 is 1.78 bits per heavy atom. The molecule has 1 aromatic heterocycles. The second kappa shape index (κ2) is 12.5. The summed E-state index contributed by atoms with van der Waals surface area (Å²) in [6, 6.07) is 22.2. The number of methoxy groups -OCH3 is 1. The molecule has 4 aliphatic rings. The molecule has 50 heavy (non-hydrogen) atoms. The molecule has 262 valence electrons. The Hall–Kier alpha value is -4.19. The molecule has 3 unspecified atom stereocenters. The molecule has 8 rings (SSSR count). The van der Waals surface area contributed by atoms with Crippen LogP contribution in [0.25, 0.3) is 22.2 Å². The average molecular weight is 696 g/mol. The van der Waals surface area contributed by atoms with E-state index in [1.807, 2.05) is 36.4 Å². The van der Waals surface area contributed by atoms with E-state index in [1.165, 1.54) is 31.6 Å². The maximum atomic E-state index is 15.0. The van der Waals surface area contributed by atoms with Crippen LogP contribution in [0.4, 0.5) is 0 Å². The Morgan fingerprint density at radius 3 is 2.52 bits per heavy atom. The summed E-state index contributed by atoms with van der Waals surface area (Å²) in [6.45, 7) is 2.43. The number of piperazine rings is 1. The Bertz CT molecular complexity index is 2090. The second-order valence-corrected chi connectivity index (χ2v) is 16.6. The highest BCUT2D eigenvalue weighted by Crippen LogP contribution is 2.66. The molecule has 10 nitrogen and oxygen atoms in total. The van der Waals surface area contributed by atoms with Crippen molar-refractivity contribution in [2.24, 2.45) is 5.41 Å². The van der Waals surface area contributed by atoms with Crippen LogP contribution in [0.5, 0.6) is 5.75 Å². The minimum atomic E-state index is -3.98. The van der Waals surface area contributed by atoms with Gasteiger partial charge in [0.1, 0.15) is 5.75 Å². The highest BCUT2D eigenvalue weighted by Gasteiger charge is 2.64. The van der Waals surface area contributed by atoms with Crippen LogP contribution < -0.4 is 14.8 Å². The van der Waals surface area contributed by atoms with E-state index < -0.39 is 21.5 Å². The normalized spacial score (nSPS) is 23.5. The number of amides is 2. The fourth-order valence-electron chi connectivity index (χ4n) is 8.85. The van der Waals surface area contributed by atoms with E-state index in [9.17, 15) is 18.0 Å². The van der Waals surface area contributed by atoms with E-state index >= 15 is 0 Å². The zero-order valence-corrected chi connectivity index (χ0v) is 29.8. The maximum absolute atomic E-state index is 15.0. The van der Waals surface area contributed by atoms with Crippen LogP contribution >= 0.6 is 0 Å². The van der Waals surface area contributed by atoms with Crippen LogP contribution in [0.2, 0.25) is 0 Å². The molecule has 3 aromatic carbocycles. The smallest absolute Gasteiger partial charge is 0.303 e. The number of hydrogen-bond donors (Lipinski definition) is 2. The third kappa shape index (κ3) is 5.50. The van der Waals surface area contributed by atoms with E-state index in [-0.39, 0.29) is 23.4 Å². The van der Waals surface area contributed by atoms with Gasteiger partial charge >= 0.3 is 10.2 Å². The first kappa shape index (κ1) is 33.0. The Balaban J connectivity index is 1.28. The Morgan fingerprint density at radius 1 is 1.00 bits per heavy atom. The second-order valence-electron chi connectivity index (χ2n) is 14.7. The van der Waals surface area contributed by atoms with Gasteiger partial charge in [-0.3, -0.25) is 9.59 Å². The number of carbonyl (C=O) groups is 2. The van der Waals surface area contributed by atoms with Gasteiger partial charge in [-0.25, -0.2) is 4.72 Å². The molecule has 2 aliphatic carbocycles. The largest absolute Gasteiger partial charge is 0.497 e. The predicted octanol–water partition coefficient (Wildman–Crippen LogP) is 5.56. The first-order valence-electron chi connectivity index (χ1n) is 17.8. The van der Waals surface area contributed by atoms with Crippen molar-refractivity contribution in [2.45, 2.75) is 62.9 Å². The summed E-state index contributed by atoms with van der Waals surface area (Å²) in [6.07, 6.45) is 6.42. The van der Waals surface area contributed by atoms with E-state index in [2.05, 4.69) is 43.8 Å². The van der Waals surface area contributed by atoms with E-state index in [4.69, 9.17) is 4.74 Å². The lowest BCUT2D eigenvalue weighted by Crippen LogP contribution is -2.51. The predicted molar refractivity (Wildman–Crippen MR) is 193 cm³/mol. The van der Waals surface area contributed by atoms with Gasteiger partial charge in [0.2, 0.25) is 5.91 Å². The number of hydrogen-bond acceptors (Lipinski definition) is 6. The summed E-state index contributed by atoms with van der Waals surface area (Å²) in [5, 5.41) is 4.68. The number of aromatic nitrogens is 1. The quantitative estimate of drug-likeness (QED) is 0.262. The molecule has 3 fully saturated rings. The van der Waals surface area contributed by atoms with Crippen molar-refractivity contribution in [3.8, 4) is 17.0 Å². The van der Waals surface area contributed by atoms with Crippen LogP contribution in [0, 0.1) is 5.41 Å². The molecule has 1 saturated heterocycles. The SMILES string of the molecule is COc1ccc2c(c1)C1CC1(C(=O)N1CCNC(c3ccccc3)C1)Cn1c-2c(C2CCCCC2)c2ccc(C(=O)NS(=O)(=O)N(C)C)cc21. The van der Waals surface area contributed by atoms with Gasteiger partial charge in [0.15, 0.2) is 0 Å². The van der Waals surface area contributed by atoms with Gasteiger partial charge < -0.3 is 19.5 Å². The summed E-state index contributed by atoms with van der Waals surface area (Å²) < 4.78 is 36.5. The highest BCUT2D eigenvalue weighted by molar-refractivity contribution is 7.87. The lowest BCUT2D eigenvalue weighted by molar-refractivity contribution is -0.139. The maximum Gasteiger partial charge on any atom is 0.303 e. The molecule has 2 N–H and O–H groups in total. The third-order valence-corrected chi connectivity index (χ3v) is 13.0. The third-order valence-electron chi connectivity index (χ3n) is 11.6. The van der Waals surface area contributed by atoms with Gasteiger partial charge in [-0.1, -0.05) is 55.7 Å². The van der Waals surface area contributed by atoms with E-state index in [0.717, 1.165) is 69.9 Å².